The van der Waals surface area contributed by atoms with Gasteiger partial charge in [0.15, 0.2) is 5.82 Å². The normalized spacial score (nSPS) is 12.3. The van der Waals surface area contributed by atoms with Crippen molar-refractivity contribution in [3.8, 4) is 11.4 Å². The molecule has 0 saturated carbocycles. The summed E-state index contributed by atoms with van der Waals surface area (Å²) in [6.07, 6.45) is -0.572. The van der Waals surface area contributed by atoms with E-state index in [-0.39, 0.29) is 6.42 Å². The number of aryl methyl sites for hydroxylation is 2. The molecule has 2 rings (SSSR count). The molecule has 0 bridgehead atoms. The van der Waals surface area contributed by atoms with E-state index in [1.807, 2.05) is 32.0 Å². The summed E-state index contributed by atoms with van der Waals surface area (Å²) in [6, 6.07) is 6.04. The third kappa shape index (κ3) is 3.63. The van der Waals surface area contributed by atoms with Gasteiger partial charge in [0.25, 0.3) is 0 Å². The van der Waals surface area contributed by atoms with Gasteiger partial charge in [-0.25, -0.2) is 4.68 Å². The van der Waals surface area contributed by atoms with E-state index in [1.54, 1.807) is 4.68 Å². The largest absolute Gasteiger partial charge is 0.481 e. The van der Waals surface area contributed by atoms with Crippen LogP contribution in [0.1, 0.15) is 17.5 Å². The molecule has 21 heavy (non-hydrogen) atoms. The van der Waals surface area contributed by atoms with Crippen LogP contribution in [-0.2, 0) is 16.1 Å². The van der Waals surface area contributed by atoms with Crippen molar-refractivity contribution in [3.63, 3.8) is 0 Å². The van der Waals surface area contributed by atoms with Crippen LogP contribution in [0.2, 0.25) is 0 Å². The van der Waals surface area contributed by atoms with E-state index in [2.05, 4.69) is 15.5 Å². The van der Waals surface area contributed by atoms with Crippen molar-refractivity contribution >= 4 is 5.97 Å². The van der Waals surface area contributed by atoms with E-state index in [0.717, 1.165) is 16.7 Å². The first-order chi connectivity index (χ1) is 10.0. The van der Waals surface area contributed by atoms with Gasteiger partial charge in [-0.15, -0.1) is 5.10 Å². The third-order valence-electron chi connectivity index (χ3n) is 3.28. The van der Waals surface area contributed by atoms with E-state index >= 15 is 0 Å². The summed E-state index contributed by atoms with van der Waals surface area (Å²) in [4.78, 5) is 10.8. The lowest BCUT2D eigenvalue weighted by Crippen LogP contribution is -2.23. The molecule has 0 spiro atoms. The Balaban J connectivity index is 2.30. The highest BCUT2D eigenvalue weighted by molar-refractivity contribution is 5.67. The summed E-state index contributed by atoms with van der Waals surface area (Å²) in [5, 5.41) is 20.6. The average molecular weight is 290 g/mol. The zero-order chi connectivity index (χ0) is 15.4. The lowest BCUT2D eigenvalue weighted by Gasteiger charge is -2.14. The van der Waals surface area contributed by atoms with Crippen LogP contribution < -0.4 is 0 Å². The molecule has 7 heteroatoms. The Kier molecular flexibility index (Phi) is 4.64. The highest BCUT2D eigenvalue weighted by atomic mass is 16.5. The minimum atomic E-state index is -0.914. The highest BCUT2D eigenvalue weighted by Crippen LogP contribution is 2.22. The second-order valence-corrected chi connectivity index (χ2v) is 4.96. The molecule has 2 aromatic rings. The maximum absolute atomic E-state index is 10.8. The maximum Gasteiger partial charge on any atom is 0.306 e. The Labute approximate surface area is 122 Å². The Morgan fingerprint density at radius 2 is 2.19 bits per heavy atom. The summed E-state index contributed by atoms with van der Waals surface area (Å²) >= 11 is 0. The number of carbonyl (C=O) groups is 1. The van der Waals surface area contributed by atoms with Crippen molar-refractivity contribution in [1.29, 1.82) is 0 Å². The van der Waals surface area contributed by atoms with Gasteiger partial charge in [-0.3, -0.25) is 4.79 Å². The van der Waals surface area contributed by atoms with E-state index in [9.17, 15) is 4.79 Å². The second kappa shape index (κ2) is 6.45. The molecule has 1 atom stereocenters. The topological polar surface area (TPSA) is 90.1 Å². The van der Waals surface area contributed by atoms with Gasteiger partial charge in [0, 0.05) is 12.7 Å². The molecule has 0 aliphatic heterocycles. The first kappa shape index (κ1) is 15.1. The lowest BCUT2D eigenvalue weighted by atomic mass is 10.1. The summed E-state index contributed by atoms with van der Waals surface area (Å²) in [7, 11) is 1.48. The number of aliphatic carboxylic acids is 1. The molecule has 0 radical (unpaired) electrons. The van der Waals surface area contributed by atoms with Crippen molar-refractivity contribution in [2.45, 2.75) is 32.9 Å². The second-order valence-electron chi connectivity index (χ2n) is 4.96. The number of methoxy groups -OCH3 is 1. The maximum atomic E-state index is 10.8. The fraction of sp³-hybridized carbons (Fsp3) is 0.429. The number of ether oxygens (including phenoxy) is 1. The Bertz CT molecular complexity index is 639. The molecule has 0 fully saturated rings. The van der Waals surface area contributed by atoms with Gasteiger partial charge in [-0.05, 0) is 35.9 Å². The zero-order valence-electron chi connectivity index (χ0n) is 12.3. The van der Waals surface area contributed by atoms with Crippen molar-refractivity contribution in [1.82, 2.24) is 20.2 Å². The van der Waals surface area contributed by atoms with Crippen LogP contribution in [0, 0.1) is 13.8 Å². The summed E-state index contributed by atoms with van der Waals surface area (Å²) in [6.45, 7) is 4.27. The van der Waals surface area contributed by atoms with Gasteiger partial charge >= 0.3 is 5.97 Å². The minimum absolute atomic E-state index is 0.0946. The lowest BCUT2D eigenvalue weighted by molar-refractivity contribution is -0.140. The fourth-order valence-electron chi connectivity index (χ4n) is 2.11. The molecule has 1 aromatic carbocycles. The number of carboxylic acid groups (broad SMARTS) is 1. The van der Waals surface area contributed by atoms with Crippen LogP contribution in [0.3, 0.4) is 0 Å². The predicted molar refractivity (Wildman–Crippen MR) is 75.8 cm³/mol. The van der Waals surface area contributed by atoms with Crippen molar-refractivity contribution < 1.29 is 14.6 Å². The number of nitrogens with zero attached hydrogens (tertiary/aromatic N) is 4. The van der Waals surface area contributed by atoms with Crippen LogP contribution >= 0.6 is 0 Å². The van der Waals surface area contributed by atoms with Crippen molar-refractivity contribution in [2.24, 2.45) is 0 Å². The molecule has 1 aromatic heterocycles. The third-order valence-corrected chi connectivity index (χ3v) is 3.28. The molecule has 7 nitrogen and oxygen atoms in total. The van der Waals surface area contributed by atoms with Crippen LogP contribution in [0.25, 0.3) is 11.4 Å². The minimum Gasteiger partial charge on any atom is -0.481 e. The summed E-state index contributed by atoms with van der Waals surface area (Å²) in [5.74, 6) is -0.299. The van der Waals surface area contributed by atoms with Crippen LogP contribution in [-0.4, -0.2) is 44.5 Å². The van der Waals surface area contributed by atoms with Gasteiger partial charge in [0.1, 0.15) is 0 Å². The molecule has 1 N–H and O–H groups in total. The SMILES string of the molecule is COC(CC(=O)O)Cn1nnnc1-c1cc(C)ccc1C. The van der Waals surface area contributed by atoms with E-state index in [0.29, 0.717) is 12.4 Å². The number of rotatable bonds is 6. The van der Waals surface area contributed by atoms with E-state index in [1.165, 1.54) is 7.11 Å². The quantitative estimate of drug-likeness (QED) is 0.866. The Morgan fingerprint density at radius 3 is 2.86 bits per heavy atom. The summed E-state index contributed by atoms with van der Waals surface area (Å²) in [5.41, 5.74) is 3.10. The smallest absolute Gasteiger partial charge is 0.306 e. The van der Waals surface area contributed by atoms with Gasteiger partial charge in [-0.1, -0.05) is 17.7 Å². The number of carboxylic acids is 1. The molecular formula is C14H18N4O3. The van der Waals surface area contributed by atoms with E-state index in [4.69, 9.17) is 9.84 Å². The van der Waals surface area contributed by atoms with Gasteiger partial charge < -0.3 is 9.84 Å². The highest BCUT2D eigenvalue weighted by Gasteiger charge is 2.18. The van der Waals surface area contributed by atoms with Crippen LogP contribution in [0.4, 0.5) is 0 Å². The number of aromatic nitrogens is 4. The number of benzene rings is 1. The Morgan fingerprint density at radius 1 is 1.43 bits per heavy atom. The van der Waals surface area contributed by atoms with Gasteiger partial charge in [0.05, 0.1) is 19.1 Å². The predicted octanol–water partition coefficient (Wildman–Crippen LogP) is 1.45. The van der Waals surface area contributed by atoms with Gasteiger partial charge in [-0.2, -0.15) is 0 Å². The molecule has 0 aliphatic rings. The number of hydrogen-bond donors (Lipinski definition) is 1. The first-order valence-electron chi connectivity index (χ1n) is 6.59. The molecule has 1 heterocycles. The monoisotopic (exact) mass is 290 g/mol. The first-order valence-corrected chi connectivity index (χ1v) is 6.59. The standard InChI is InChI=1S/C14H18N4O3/c1-9-4-5-10(2)12(6-9)14-15-16-17-18(14)8-11(21-3)7-13(19)20/h4-6,11H,7-8H2,1-3H3,(H,19,20). The summed E-state index contributed by atoms with van der Waals surface area (Å²) < 4.78 is 6.76. The molecule has 0 amide bonds. The molecular weight excluding hydrogens is 272 g/mol. The van der Waals surface area contributed by atoms with Crippen LogP contribution in [0.15, 0.2) is 18.2 Å². The molecule has 0 aliphatic carbocycles. The number of hydrogen-bond acceptors (Lipinski definition) is 5. The Hall–Kier alpha value is -2.28. The van der Waals surface area contributed by atoms with Crippen molar-refractivity contribution in [3.05, 3.63) is 29.3 Å². The van der Waals surface area contributed by atoms with Gasteiger partial charge in [0.2, 0.25) is 0 Å². The molecule has 0 saturated heterocycles. The zero-order valence-corrected chi connectivity index (χ0v) is 12.3. The fourth-order valence-corrected chi connectivity index (χ4v) is 2.11. The van der Waals surface area contributed by atoms with Crippen LogP contribution in [0.5, 0.6) is 0 Å². The number of tetrazole rings is 1. The average Bonchev–Trinajstić information content (AvgIpc) is 2.88. The van der Waals surface area contributed by atoms with E-state index < -0.39 is 12.1 Å². The molecule has 1 unspecified atom stereocenters. The molecule has 112 valence electrons. The van der Waals surface area contributed by atoms with Crippen molar-refractivity contribution in [2.75, 3.05) is 7.11 Å².